The molecule has 21 heavy (non-hydrogen) atoms. The van der Waals surface area contributed by atoms with Crippen LogP contribution >= 0.6 is 0 Å². The first-order valence-corrected chi connectivity index (χ1v) is 8.44. The third kappa shape index (κ3) is 3.41. The summed E-state index contributed by atoms with van der Waals surface area (Å²) < 4.78 is 5.70. The minimum absolute atomic E-state index is 0.146. The fourth-order valence-corrected chi connectivity index (χ4v) is 4.41. The molecule has 2 heterocycles. The summed E-state index contributed by atoms with van der Waals surface area (Å²) in [5.41, 5.74) is 6.25. The zero-order valence-corrected chi connectivity index (χ0v) is 13.3. The van der Waals surface area contributed by atoms with E-state index in [1.165, 1.54) is 12.8 Å². The summed E-state index contributed by atoms with van der Waals surface area (Å²) >= 11 is 0. The molecule has 3 fully saturated rings. The topological polar surface area (TPSA) is 58.8 Å². The van der Waals surface area contributed by atoms with Gasteiger partial charge in [-0.15, -0.1) is 0 Å². The number of rotatable bonds is 2. The minimum atomic E-state index is 0.146. The van der Waals surface area contributed by atoms with Crippen molar-refractivity contribution in [1.82, 2.24) is 9.80 Å². The Morgan fingerprint density at radius 3 is 2.52 bits per heavy atom. The van der Waals surface area contributed by atoms with E-state index >= 15 is 0 Å². The Balaban J connectivity index is 1.53. The van der Waals surface area contributed by atoms with Crippen molar-refractivity contribution in [3.63, 3.8) is 0 Å². The molecule has 5 nitrogen and oxygen atoms in total. The lowest BCUT2D eigenvalue weighted by Crippen LogP contribution is -2.51. The van der Waals surface area contributed by atoms with Gasteiger partial charge in [-0.05, 0) is 38.5 Å². The van der Waals surface area contributed by atoms with Crippen molar-refractivity contribution in [1.29, 1.82) is 0 Å². The molecule has 120 valence electrons. The van der Waals surface area contributed by atoms with Gasteiger partial charge in [-0.1, -0.05) is 6.42 Å². The van der Waals surface area contributed by atoms with Crippen molar-refractivity contribution >= 4 is 5.91 Å². The number of nitrogens with zero attached hydrogens (tertiary/aromatic N) is 2. The molecule has 2 aliphatic heterocycles. The van der Waals surface area contributed by atoms with E-state index in [2.05, 4.69) is 4.90 Å². The number of hydrogen-bond donors (Lipinski definition) is 1. The zero-order chi connectivity index (χ0) is 15.0. The molecule has 1 saturated carbocycles. The largest absolute Gasteiger partial charge is 0.372 e. The zero-order valence-electron chi connectivity index (χ0n) is 13.3. The first-order valence-electron chi connectivity index (χ1n) is 8.44. The third-order valence-electron chi connectivity index (χ3n) is 5.36. The molecule has 2 N–H and O–H groups in total. The molecule has 3 rings (SSSR count). The average Bonchev–Trinajstić information content (AvgIpc) is 2.81. The fourth-order valence-electron chi connectivity index (χ4n) is 4.41. The van der Waals surface area contributed by atoms with E-state index in [1.807, 2.05) is 18.7 Å². The summed E-state index contributed by atoms with van der Waals surface area (Å²) in [5.74, 6) is 1.57. The summed E-state index contributed by atoms with van der Waals surface area (Å²) in [6.07, 6.45) is 3.98. The average molecular weight is 295 g/mol. The van der Waals surface area contributed by atoms with E-state index in [0.29, 0.717) is 24.4 Å². The second-order valence-electron chi connectivity index (χ2n) is 7.27. The smallest absolute Gasteiger partial charge is 0.236 e. The first kappa shape index (κ1) is 15.3. The molecule has 0 aromatic carbocycles. The molecule has 0 aromatic heterocycles. The van der Waals surface area contributed by atoms with Crippen LogP contribution in [0.15, 0.2) is 0 Å². The number of carbonyl (C=O) groups is 1. The fraction of sp³-hybridized carbons (Fsp3) is 0.938. The number of ether oxygens (including phenoxy) is 1. The normalized spacial score (nSPS) is 41.1. The van der Waals surface area contributed by atoms with E-state index < -0.39 is 0 Å². The molecule has 0 aromatic rings. The minimum Gasteiger partial charge on any atom is -0.372 e. The standard InChI is InChI=1S/C16H29N3O2/c1-11-6-19(7-12(2)21-11)16(20)10-18-8-13-4-3-5-15(17)14(13)9-18/h11-15H,3-10,17H2,1-2H3. The summed E-state index contributed by atoms with van der Waals surface area (Å²) in [6.45, 7) is 8.15. The molecule has 1 amide bonds. The lowest BCUT2D eigenvalue weighted by Gasteiger charge is -2.36. The monoisotopic (exact) mass is 295 g/mol. The van der Waals surface area contributed by atoms with Crippen molar-refractivity contribution in [3.05, 3.63) is 0 Å². The molecule has 5 heteroatoms. The van der Waals surface area contributed by atoms with Gasteiger partial charge in [0.05, 0.1) is 18.8 Å². The Morgan fingerprint density at radius 2 is 1.86 bits per heavy atom. The van der Waals surface area contributed by atoms with Gasteiger partial charge in [0, 0.05) is 32.2 Å². The highest BCUT2D eigenvalue weighted by molar-refractivity contribution is 5.78. The van der Waals surface area contributed by atoms with Crippen LogP contribution in [0.4, 0.5) is 0 Å². The Hall–Kier alpha value is -0.650. The van der Waals surface area contributed by atoms with Gasteiger partial charge in [0.25, 0.3) is 0 Å². The number of carbonyl (C=O) groups excluding carboxylic acids is 1. The highest BCUT2D eigenvalue weighted by Crippen LogP contribution is 2.35. The molecule has 5 unspecified atom stereocenters. The first-order chi connectivity index (χ1) is 10.0. The van der Waals surface area contributed by atoms with Crippen LogP contribution in [0.1, 0.15) is 33.1 Å². The van der Waals surface area contributed by atoms with Crippen LogP contribution in [0, 0.1) is 11.8 Å². The van der Waals surface area contributed by atoms with Crippen LogP contribution in [-0.2, 0) is 9.53 Å². The van der Waals surface area contributed by atoms with Gasteiger partial charge >= 0.3 is 0 Å². The Labute approximate surface area is 127 Å². The van der Waals surface area contributed by atoms with Crippen molar-refractivity contribution < 1.29 is 9.53 Å². The Morgan fingerprint density at radius 1 is 1.14 bits per heavy atom. The number of hydrogen-bond acceptors (Lipinski definition) is 4. The van der Waals surface area contributed by atoms with Gasteiger partial charge in [-0.2, -0.15) is 0 Å². The lowest BCUT2D eigenvalue weighted by atomic mass is 9.78. The van der Waals surface area contributed by atoms with Gasteiger partial charge in [0.1, 0.15) is 0 Å². The molecular formula is C16H29N3O2. The maximum Gasteiger partial charge on any atom is 0.236 e. The number of amides is 1. The molecule has 0 spiro atoms. The Kier molecular flexibility index (Phi) is 4.52. The summed E-state index contributed by atoms with van der Waals surface area (Å²) in [5, 5.41) is 0. The van der Waals surface area contributed by atoms with Crippen LogP contribution < -0.4 is 5.73 Å². The van der Waals surface area contributed by atoms with E-state index in [0.717, 1.165) is 32.6 Å². The molecule has 0 bridgehead atoms. The van der Waals surface area contributed by atoms with Crippen LogP contribution in [0.2, 0.25) is 0 Å². The highest BCUT2D eigenvalue weighted by atomic mass is 16.5. The number of likely N-dealkylation sites (tertiary alicyclic amines) is 1. The summed E-state index contributed by atoms with van der Waals surface area (Å²) in [6, 6.07) is 0.340. The molecule has 5 atom stereocenters. The predicted octanol–water partition coefficient (Wildman–Crippen LogP) is 0.681. The number of fused-ring (bicyclic) bond motifs is 1. The quantitative estimate of drug-likeness (QED) is 0.814. The van der Waals surface area contributed by atoms with Crippen molar-refractivity contribution in [2.45, 2.75) is 51.4 Å². The van der Waals surface area contributed by atoms with E-state index in [1.54, 1.807) is 0 Å². The third-order valence-corrected chi connectivity index (χ3v) is 5.36. The maximum absolute atomic E-state index is 12.5. The van der Waals surface area contributed by atoms with Crippen LogP contribution in [0.3, 0.4) is 0 Å². The Bertz CT molecular complexity index is 380. The molecule has 0 radical (unpaired) electrons. The van der Waals surface area contributed by atoms with E-state index in [-0.39, 0.29) is 18.1 Å². The van der Waals surface area contributed by atoms with Gasteiger partial charge in [-0.25, -0.2) is 0 Å². The van der Waals surface area contributed by atoms with Crippen molar-refractivity contribution in [2.24, 2.45) is 17.6 Å². The van der Waals surface area contributed by atoms with E-state index in [9.17, 15) is 4.79 Å². The van der Waals surface area contributed by atoms with Crippen molar-refractivity contribution in [2.75, 3.05) is 32.7 Å². The molecular weight excluding hydrogens is 266 g/mol. The number of morpholine rings is 1. The maximum atomic E-state index is 12.5. The van der Waals surface area contributed by atoms with Gasteiger partial charge in [-0.3, -0.25) is 9.69 Å². The SMILES string of the molecule is CC1CN(C(=O)CN2CC3CCCC(N)C3C2)CC(C)O1. The second kappa shape index (κ2) is 6.23. The highest BCUT2D eigenvalue weighted by Gasteiger charge is 2.39. The predicted molar refractivity (Wildman–Crippen MR) is 81.8 cm³/mol. The lowest BCUT2D eigenvalue weighted by molar-refractivity contribution is -0.144. The van der Waals surface area contributed by atoms with Gasteiger partial charge in [0.2, 0.25) is 5.91 Å². The molecule has 2 saturated heterocycles. The van der Waals surface area contributed by atoms with Crippen LogP contribution in [0.25, 0.3) is 0 Å². The van der Waals surface area contributed by atoms with Gasteiger partial charge in [0.15, 0.2) is 0 Å². The molecule has 3 aliphatic rings. The summed E-state index contributed by atoms with van der Waals surface area (Å²) in [7, 11) is 0. The summed E-state index contributed by atoms with van der Waals surface area (Å²) in [4.78, 5) is 16.8. The van der Waals surface area contributed by atoms with Crippen molar-refractivity contribution in [3.8, 4) is 0 Å². The van der Waals surface area contributed by atoms with Crippen LogP contribution in [0.5, 0.6) is 0 Å². The molecule has 1 aliphatic carbocycles. The number of nitrogens with two attached hydrogens (primary N) is 1. The van der Waals surface area contributed by atoms with Gasteiger partial charge < -0.3 is 15.4 Å². The van der Waals surface area contributed by atoms with E-state index in [4.69, 9.17) is 10.5 Å². The second-order valence-corrected chi connectivity index (χ2v) is 7.27. The van der Waals surface area contributed by atoms with Crippen LogP contribution in [-0.4, -0.2) is 66.7 Å².